The van der Waals surface area contributed by atoms with Crippen molar-refractivity contribution in [2.45, 2.75) is 6.92 Å². The van der Waals surface area contributed by atoms with Gasteiger partial charge in [-0.3, -0.25) is 4.79 Å². The highest BCUT2D eigenvalue weighted by Crippen LogP contribution is 2.15. The lowest BCUT2D eigenvalue weighted by Crippen LogP contribution is -2.33. The maximum absolute atomic E-state index is 12.0. The molecule has 0 aliphatic carbocycles. The summed E-state index contributed by atoms with van der Waals surface area (Å²) in [6.45, 7) is 2.80. The summed E-state index contributed by atoms with van der Waals surface area (Å²) in [6, 6.07) is 7.35. The summed E-state index contributed by atoms with van der Waals surface area (Å²) in [5, 5.41) is 5.97. The Labute approximate surface area is 109 Å². The van der Waals surface area contributed by atoms with E-state index in [2.05, 4.69) is 26.6 Å². The molecule has 0 aromatic heterocycles. The maximum atomic E-state index is 12.0. The van der Waals surface area contributed by atoms with Crippen molar-refractivity contribution < 1.29 is 4.79 Å². The summed E-state index contributed by atoms with van der Waals surface area (Å²) in [5.41, 5.74) is 1.87. The summed E-state index contributed by atoms with van der Waals surface area (Å²) in [5.74, 6) is 0.612. The molecule has 88 valence electrons. The predicted molar refractivity (Wildman–Crippen MR) is 71.5 cm³/mol. The SMILES string of the molecule is CC1=CC=C(NC(=O)c2ccccc2Br)NC1. The van der Waals surface area contributed by atoms with Crippen LogP contribution in [0.15, 0.2) is 52.3 Å². The van der Waals surface area contributed by atoms with Gasteiger partial charge in [-0.25, -0.2) is 0 Å². The normalized spacial score (nSPS) is 14.5. The topological polar surface area (TPSA) is 41.1 Å². The Hall–Kier alpha value is -1.55. The molecule has 0 unspecified atom stereocenters. The van der Waals surface area contributed by atoms with Gasteiger partial charge in [-0.15, -0.1) is 0 Å². The molecule has 1 aromatic rings. The molecule has 0 spiro atoms. The fraction of sp³-hybridized carbons (Fsp3) is 0.154. The molecule has 0 saturated carbocycles. The van der Waals surface area contributed by atoms with Crippen molar-refractivity contribution in [2.24, 2.45) is 0 Å². The van der Waals surface area contributed by atoms with Crippen molar-refractivity contribution in [3.8, 4) is 0 Å². The van der Waals surface area contributed by atoms with Crippen LogP contribution in [0, 0.1) is 0 Å². The summed E-state index contributed by atoms with van der Waals surface area (Å²) in [4.78, 5) is 12.0. The first-order chi connectivity index (χ1) is 8.16. The number of rotatable bonds is 2. The van der Waals surface area contributed by atoms with Crippen molar-refractivity contribution in [1.82, 2.24) is 10.6 Å². The van der Waals surface area contributed by atoms with E-state index in [1.54, 1.807) is 6.07 Å². The third kappa shape index (κ3) is 2.97. The molecule has 4 heteroatoms. The molecule has 1 aliphatic rings. The number of halogens is 1. The Bertz CT molecular complexity index is 506. The van der Waals surface area contributed by atoms with Gasteiger partial charge in [0.2, 0.25) is 0 Å². The minimum Gasteiger partial charge on any atom is -0.368 e. The maximum Gasteiger partial charge on any atom is 0.257 e. The van der Waals surface area contributed by atoms with E-state index in [0.29, 0.717) is 5.56 Å². The second-order valence-corrected chi connectivity index (χ2v) is 4.74. The number of amides is 1. The van der Waals surface area contributed by atoms with Gasteiger partial charge in [0.05, 0.1) is 5.56 Å². The summed E-state index contributed by atoms with van der Waals surface area (Å²) >= 11 is 3.36. The minimum absolute atomic E-state index is 0.121. The molecular weight excluding hydrogens is 280 g/mol. The second kappa shape index (κ2) is 5.19. The first kappa shape index (κ1) is 11.9. The predicted octanol–water partition coefficient (Wildman–Crippen LogP) is 2.57. The van der Waals surface area contributed by atoms with Crippen molar-refractivity contribution in [3.05, 3.63) is 57.8 Å². The molecule has 0 radical (unpaired) electrons. The Balaban J connectivity index is 2.11. The molecule has 2 rings (SSSR count). The van der Waals surface area contributed by atoms with Crippen LogP contribution in [0.4, 0.5) is 0 Å². The van der Waals surface area contributed by atoms with E-state index in [9.17, 15) is 4.79 Å². The van der Waals surface area contributed by atoms with Gasteiger partial charge in [-0.1, -0.05) is 23.8 Å². The molecule has 1 amide bonds. The van der Waals surface area contributed by atoms with Crippen LogP contribution < -0.4 is 10.6 Å². The monoisotopic (exact) mass is 292 g/mol. The van der Waals surface area contributed by atoms with Crippen LogP contribution in [0.2, 0.25) is 0 Å². The van der Waals surface area contributed by atoms with E-state index < -0.39 is 0 Å². The van der Waals surface area contributed by atoms with E-state index >= 15 is 0 Å². The lowest BCUT2D eigenvalue weighted by molar-refractivity contribution is 0.0962. The first-order valence-corrected chi connectivity index (χ1v) is 6.13. The van der Waals surface area contributed by atoms with Crippen LogP contribution in [0.5, 0.6) is 0 Å². The second-order valence-electron chi connectivity index (χ2n) is 3.88. The molecule has 2 N–H and O–H groups in total. The number of carbonyl (C=O) groups excluding carboxylic acids is 1. The summed E-state index contributed by atoms with van der Waals surface area (Å²) < 4.78 is 0.792. The van der Waals surface area contributed by atoms with E-state index in [1.165, 1.54) is 5.57 Å². The van der Waals surface area contributed by atoms with Gasteiger partial charge in [0, 0.05) is 11.0 Å². The van der Waals surface area contributed by atoms with Crippen LogP contribution in [-0.2, 0) is 0 Å². The van der Waals surface area contributed by atoms with Crippen LogP contribution in [-0.4, -0.2) is 12.5 Å². The average molecular weight is 293 g/mol. The van der Waals surface area contributed by atoms with Crippen LogP contribution in [0.25, 0.3) is 0 Å². The molecule has 1 aromatic carbocycles. The van der Waals surface area contributed by atoms with Gasteiger partial charge >= 0.3 is 0 Å². The molecule has 0 atom stereocenters. The minimum atomic E-state index is -0.121. The molecule has 0 saturated heterocycles. The van der Waals surface area contributed by atoms with Gasteiger partial charge in [0.1, 0.15) is 5.82 Å². The quantitative estimate of drug-likeness (QED) is 0.880. The van der Waals surface area contributed by atoms with Gasteiger partial charge in [0.25, 0.3) is 5.91 Å². The molecule has 1 heterocycles. The third-order valence-corrected chi connectivity index (χ3v) is 3.15. The Morgan fingerprint density at radius 1 is 1.35 bits per heavy atom. The summed E-state index contributed by atoms with van der Waals surface area (Å²) in [6.07, 6.45) is 3.86. The Morgan fingerprint density at radius 2 is 2.12 bits per heavy atom. The highest BCUT2D eigenvalue weighted by molar-refractivity contribution is 9.10. The van der Waals surface area contributed by atoms with Crippen molar-refractivity contribution >= 4 is 21.8 Å². The highest BCUT2D eigenvalue weighted by atomic mass is 79.9. The number of nitrogens with one attached hydrogen (secondary N) is 2. The lowest BCUT2D eigenvalue weighted by Gasteiger charge is -2.16. The van der Waals surface area contributed by atoms with Crippen molar-refractivity contribution in [1.29, 1.82) is 0 Å². The number of dihydropyridines is 1. The van der Waals surface area contributed by atoms with E-state index in [1.807, 2.05) is 37.3 Å². The van der Waals surface area contributed by atoms with Crippen LogP contribution in [0.1, 0.15) is 17.3 Å². The zero-order valence-corrected chi connectivity index (χ0v) is 11.0. The van der Waals surface area contributed by atoms with E-state index in [4.69, 9.17) is 0 Å². The molecule has 17 heavy (non-hydrogen) atoms. The number of allylic oxidation sites excluding steroid dienone is 2. The van der Waals surface area contributed by atoms with Crippen molar-refractivity contribution in [3.63, 3.8) is 0 Å². The fourth-order valence-electron chi connectivity index (χ4n) is 1.50. The fourth-order valence-corrected chi connectivity index (χ4v) is 1.96. The number of hydrogen-bond acceptors (Lipinski definition) is 2. The van der Waals surface area contributed by atoms with Gasteiger partial charge in [0.15, 0.2) is 0 Å². The number of hydrogen-bond donors (Lipinski definition) is 2. The lowest BCUT2D eigenvalue weighted by atomic mass is 10.2. The van der Waals surface area contributed by atoms with Crippen molar-refractivity contribution in [2.75, 3.05) is 6.54 Å². The number of carbonyl (C=O) groups is 1. The summed E-state index contributed by atoms with van der Waals surface area (Å²) in [7, 11) is 0. The molecule has 0 bridgehead atoms. The molecular formula is C13H13BrN2O. The van der Waals surface area contributed by atoms with Crippen LogP contribution in [0.3, 0.4) is 0 Å². The van der Waals surface area contributed by atoms with E-state index in [0.717, 1.165) is 16.8 Å². The molecule has 3 nitrogen and oxygen atoms in total. The standard InChI is InChI=1S/C13H13BrN2O/c1-9-6-7-12(15-8-9)16-13(17)10-4-2-3-5-11(10)14/h2-7,15H,8H2,1H3,(H,16,17). The van der Waals surface area contributed by atoms with Gasteiger partial charge in [-0.2, -0.15) is 0 Å². The Morgan fingerprint density at radius 3 is 2.76 bits per heavy atom. The first-order valence-electron chi connectivity index (χ1n) is 5.34. The van der Waals surface area contributed by atoms with E-state index in [-0.39, 0.29) is 5.91 Å². The molecule has 0 fully saturated rings. The van der Waals surface area contributed by atoms with Crippen LogP contribution >= 0.6 is 15.9 Å². The number of benzene rings is 1. The Kier molecular flexibility index (Phi) is 3.64. The third-order valence-electron chi connectivity index (χ3n) is 2.46. The average Bonchev–Trinajstić information content (AvgIpc) is 2.32. The molecule has 1 aliphatic heterocycles. The highest BCUT2D eigenvalue weighted by Gasteiger charge is 2.11. The smallest absolute Gasteiger partial charge is 0.257 e. The van der Waals surface area contributed by atoms with Gasteiger partial charge < -0.3 is 10.6 Å². The zero-order chi connectivity index (χ0) is 12.3. The zero-order valence-electron chi connectivity index (χ0n) is 9.46. The van der Waals surface area contributed by atoms with Gasteiger partial charge in [-0.05, 0) is 41.1 Å². The largest absolute Gasteiger partial charge is 0.368 e.